The van der Waals surface area contributed by atoms with Gasteiger partial charge in [0.15, 0.2) is 0 Å². The SMILES string of the molecule is C#CCn1nc2c(=O)n(-c3cccc(OC)c3)ccn2c1=O. The maximum absolute atomic E-state index is 12.5. The lowest BCUT2D eigenvalue weighted by molar-refractivity contribution is 0.414. The van der Waals surface area contributed by atoms with Gasteiger partial charge in [0.2, 0.25) is 5.65 Å². The van der Waals surface area contributed by atoms with Crippen LogP contribution < -0.4 is 16.0 Å². The van der Waals surface area contributed by atoms with E-state index in [0.29, 0.717) is 11.4 Å². The van der Waals surface area contributed by atoms with Crippen LogP contribution in [0.3, 0.4) is 0 Å². The zero-order valence-electron chi connectivity index (χ0n) is 11.8. The molecule has 7 nitrogen and oxygen atoms in total. The third-order valence-electron chi connectivity index (χ3n) is 3.22. The lowest BCUT2D eigenvalue weighted by Crippen LogP contribution is -2.24. The van der Waals surface area contributed by atoms with E-state index in [0.717, 1.165) is 4.68 Å². The average molecular weight is 296 g/mol. The minimum Gasteiger partial charge on any atom is -0.497 e. The summed E-state index contributed by atoms with van der Waals surface area (Å²) in [4.78, 5) is 24.6. The van der Waals surface area contributed by atoms with E-state index < -0.39 is 11.2 Å². The van der Waals surface area contributed by atoms with Crippen molar-refractivity contribution in [3.63, 3.8) is 0 Å². The van der Waals surface area contributed by atoms with Gasteiger partial charge in [-0.05, 0) is 12.1 Å². The molecule has 3 rings (SSSR count). The molecule has 110 valence electrons. The van der Waals surface area contributed by atoms with Crippen molar-refractivity contribution in [1.82, 2.24) is 18.7 Å². The Labute approximate surface area is 125 Å². The van der Waals surface area contributed by atoms with Crippen molar-refractivity contribution in [2.45, 2.75) is 6.54 Å². The van der Waals surface area contributed by atoms with Gasteiger partial charge in [-0.1, -0.05) is 12.0 Å². The molecule has 0 aliphatic carbocycles. The Morgan fingerprint density at radius 2 is 2.14 bits per heavy atom. The second-order valence-electron chi connectivity index (χ2n) is 4.51. The molecule has 2 aromatic heterocycles. The van der Waals surface area contributed by atoms with Crippen LogP contribution in [0.15, 0.2) is 46.2 Å². The maximum Gasteiger partial charge on any atom is 0.351 e. The highest BCUT2D eigenvalue weighted by Crippen LogP contribution is 2.14. The number of rotatable bonds is 3. The zero-order valence-corrected chi connectivity index (χ0v) is 11.8. The monoisotopic (exact) mass is 296 g/mol. The molecular weight excluding hydrogens is 284 g/mol. The van der Waals surface area contributed by atoms with Crippen LogP contribution in [0.25, 0.3) is 11.3 Å². The first-order valence-corrected chi connectivity index (χ1v) is 6.44. The van der Waals surface area contributed by atoms with E-state index in [4.69, 9.17) is 11.2 Å². The van der Waals surface area contributed by atoms with E-state index >= 15 is 0 Å². The van der Waals surface area contributed by atoms with Crippen molar-refractivity contribution in [2.75, 3.05) is 7.11 Å². The fourth-order valence-corrected chi connectivity index (χ4v) is 2.16. The third kappa shape index (κ3) is 2.07. The van der Waals surface area contributed by atoms with E-state index in [-0.39, 0.29) is 12.2 Å². The highest BCUT2D eigenvalue weighted by molar-refractivity contribution is 5.43. The molecule has 3 aromatic rings. The summed E-state index contributed by atoms with van der Waals surface area (Å²) in [6.45, 7) is 0.0130. The van der Waals surface area contributed by atoms with Gasteiger partial charge in [0.25, 0.3) is 0 Å². The molecule has 7 heteroatoms. The van der Waals surface area contributed by atoms with Crippen molar-refractivity contribution in [3.05, 3.63) is 57.5 Å². The second-order valence-corrected chi connectivity index (χ2v) is 4.51. The van der Waals surface area contributed by atoms with Crippen LogP contribution in [0.5, 0.6) is 5.75 Å². The molecule has 0 bridgehead atoms. The predicted octanol–water partition coefficient (Wildman–Crippen LogP) is 0.289. The largest absolute Gasteiger partial charge is 0.497 e. The number of nitrogens with zero attached hydrogens (tertiary/aromatic N) is 4. The minimum absolute atomic E-state index is 0.0130. The number of benzene rings is 1. The molecule has 0 unspecified atom stereocenters. The topological polar surface area (TPSA) is 70.5 Å². The maximum atomic E-state index is 12.5. The molecule has 0 amide bonds. The Bertz CT molecular complexity index is 1000. The van der Waals surface area contributed by atoms with Crippen molar-refractivity contribution in [1.29, 1.82) is 0 Å². The summed E-state index contributed by atoms with van der Waals surface area (Å²) in [7, 11) is 1.55. The van der Waals surface area contributed by atoms with Crippen LogP contribution in [0.1, 0.15) is 0 Å². The molecule has 0 spiro atoms. The predicted molar refractivity (Wildman–Crippen MR) is 80.4 cm³/mol. The summed E-state index contributed by atoms with van der Waals surface area (Å²) in [5.74, 6) is 2.95. The van der Waals surface area contributed by atoms with Crippen LogP contribution in [-0.4, -0.2) is 25.9 Å². The summed E-state index contributed by atoms with van der Waals surface area (Å²) in [5.41, 5.74) is -0.220. The highest BCUT2D eigenvalue weighted by atomic mass is 16.5. The van der Waals surface area contributed by atoms with E-state index in [9.17, 15) is 9.59 Å². The molecule has 0 saturated heterocycles. The van der Waals surface area contributed by atoms with E-state index in [1.54, 1.807) is 31.4 Å². The van der Waals surface area contributed by atoms with Crippen LogP contribution in [-0.2, 0) is 6.54 Å². The lowest BCUT2D eigenvalue weighted by Gasteiger charge is -2.07. The van der Waals surface area contributed by atoms with Crippen LogP contribution in [0.2, 0.25) is 0 Å². The van der Waals surface area contributed by atoms with Crippen molar-refractivity contribution in [3.8, 4) is 23.8 Å². The van der Waals surface area contributed by atoms with Gasteiger partial charge in [0.1, 0.15) is 12.3 Å². The molecular formula is C15H12N4O3. The van der Waals surface area contributed by atoms with Crippen molar-refractivity contribution >= 4 is 5.65 Å². The molecule has 0 saturated carbocycles. The van der Waals surface area contributed by atoms with Crippen molar-refractivity contribution in [2.24, 2.45) is 0 Å². The standard InChI is InChI=1S/C15H12N4O3/c1-3-7-19-15(21)18-9-8-17(14(20)13(18)16-19)11-5-4-6-12(10-11)22-2/h1,4-6,8-10H,7H2,2H3. The van der Waals surface area contributed by atoms with Gasteiger partial charge in [-0.15, -0.1) is 11.5 Å². The van der Waals surface area contributed by atoms with Crippen molar-refractivity contribution < 1.29 is 4.74 Å². The molecule has 0 aliphatic heterocycles. The number of ether oxygens (including phenoxy) is 1. The first-order valence-electron chi connectivity index (χ1n) is 6.44. The molecule has 0 aliphatic rings. The van der Waals surface area contributed by atoms with Crippen LogP contribution >= 0.6 is 0 Å². The van der Waals surface area contributed by atoms with Gasteiger partial charge >= 0.3 is 11.2 Å². The zero-order chi connectivity index (χ0) is 15.7. The third-order valence-corrected chi connectivity index (χ3v) is 3.22. The fourth-order valence-electron chi connectivity index (χ4n) is 2.16. The number of fused-ring (bicyclic) bond motifs is 1. The molecule has 1 aromatic carbocycles. The Hall–Kier alpha value is -3.27. The quantitative estimate of drug-likeness (QED) is 0.651. The first kappa shape index (κ1) is 13.7. The van der Waals surface area contributed by atoms with Gasteiger partial charge in [-0.2, -0.15) is 0 Å². The minimum atomic E-state index is -0.442. The number of aromatic nitrogens is 4. The lowest BCUT2D eigenvalue weighted by atomic mass is 10.3. The second kappa shape index (κ2) is 5.26. The number of methoxy groups -OCH3 is 1. The molecule has 2 heterocycles. The number of hydrogen-bond acceptors (Lipinski definition) is 4. The van der Waals surface area contributed by atoms with Gasteiger partial charge < -0.3 is 4.74 Å². The van der Waals surface area contributed by atoms with Gasteiger partial charge in [-0.3, -0.25) is 9.36 Å². The van der Waals surface area contributed by atoms with E-state index in [1.807, 2.05) is 0 Å². The summed E-state index contributed by atoms with van der Waals surface area (Å²) in [6, 6.07) is 7.03. The highest BCUT2D eigenvalue weighted by Gasteiger charge is 2.12. The average Bonchev–Trinajstić information content (AvgIpc) is 2.86. The normalized spacial score (nSPS) is 10.5. The van der Waals surface area contributed by atoms with Gasteiger partial charge in [-0.25, -0.2) is 13.9 Å². The number of hydrogen-bond donors (Lipinski definition) is 0. The summed E-state index contributed by atoms with van der Waals surface area (Å²) in [5, 5.41) is 3.99. The van der Waals surface area contributed by atoms with Gasteiger partial charge in [0, 0.05) is 18.5 Å². The summed E-state index contributed by atoms with van der Waals surface area (Å²) >= 11 is 0. The van der Waals surface area contributed by atoms with E-state index in [1.165, 1.54) is 21.4 Å². The summed E-state index contributed by atoms with van der Waals surface area (Å²) < 4.78 is 8.79. The van der Waals surface area contributed by atoms with Crippen LogP contribution in [0.4, 0.5) is 0 Å². The fraction of sp³-hybridized carbons (Fsp3) is 0.133. The Kier molecular flexibility index (Phi) is 3.27. The smallest absolute Gasteiger partial charge is 0.351 e. The molecule has 0 atom stereocenters. The van der Waals surface area contributed by atoms with Gasteiger partial charge in [0.05, 0.1) is 12.8 Å². The first-order chi connectivity index (χ1) is 10.7. The Balaban J connectivity index is 2.25. The molecule has 0 fully saturated rings. The molecule has 0 N–H and O–H groups in total. The van der Waals surface area contributed by atoms with E-state index in [2.05, 4.69) is 11.0 Å². The molecule has 0 radical (unpaired) electrons. The Morgan fingerprint density at radius 3 is 2.86 bits per heavy atom. The summed E-state index contributed by atoms with van der Waals surface area (Å²) in [6.07, 6.45) is 8.18. The number of terminal acetylenes is 1. The molecule has 22 heavy (non-hydrogen) atoms. The van der Waals surface area contributed by atoms with Crippen LogP contribution in [0, 0.1) is 12.3 Å². The Morgan fingerprint density at radius 1 is 1.32 bits per heavy atom.